The minimum absolute atomic E-state index is 0.561. The van der Waals surface area contributed by atoms with Crippen molar-refractivity contribution in [2.75, 3.05) is 5.75 Å². The fraction of sp³-hybridized carbons (Fsp3) is 0.692. The number of hydrogen-bond donors (Lipinski definition) is 1. The quantitative estimate of drug-likeness (QED) is 0.870. The van der Waals surface area contributed by atoms with Gasteiger partial charge in [0.25, 0.3) is 0 Å². The molecule has 3 atom stereocenters. The molecular formula is C13H21NS2. The van der Waals surface area contributed by atoms with Crippen molar-refractivity contribution < 1.29 is 0 Å². The number of hydrogen-bond acceptors (Lipinski definition) is 3. The minimum Gasteiger partial charge on any atom is -0.305 e. The molecule has 1 saturated heterocycles. The van der Waals surface area contributed by atoms with Gasteiger partial charge < -0.3 is 5.32 Å². The zero-order valence-electron chi connectivity index (χ0n) is 10.1. The SMILES string of the molecule is CCC(NC1CCCSC1C)c1cccs1. The van der Waals surface area contributed by atoms with Crippen molar-refractivity contribution >= 4 is 23.1 Å². The molecule has 0 bridgehead atoms. The summed E-state index contributed by atoms with van der Waals surface area (Å²) in [6, 6.07) is 5.67. The highest BCUT2D eigenvalue weighted by molar-refractivity contribution is 7.99. The Bertz CT molecular complexity index is 297. The first-order chi connectivity index (χ1) is 7.81. The predicted octanol–water partition coefficient (Wildman–Crippen LogP) is 4.07. The summed E-state index contributed by atoms with van der Waals surface area (Å²) in [6.45, 7) is 4.64. The highest BCUT2D eigenvalue weighted by Crippen LogP contribution is 2.29. The zero-order chi connectivity index (χ0) is 11.4. The summed E-state index contributed by atoms with van der Waals surface area (Å²) in [5, 5.41) is 6.79. The van der Waals surface area contributed by atoms with Gasteiger partial charge in [0.15, 0.2) is 0 Å². The van der Waals surface area contributed by atoms with E-state index in [4.69, 9.17) is 0 Å². The van der Waals surface area contributed by atoms with Crippen LogP contribution >= 0.6 is 23.1 Å². The Kier molecular flexibility index (Phi) is 4.74. The summed E-state index contributed by atoms with van der Waals surface area (Å²) in [4.78, 5) is 1.49. The first kappa shape index (κ1) is 12.5. The van der Waals surface area contributed by atoms with Crippen molar-refractivity contribution in [1.29, 1.82) is 0 Å². The minimum atomic E-state index is 0.561. The second-order valence-corrected chi connectivity index (χ2v) is 6.93. The number of thioether (sulfide) groups is 1. The molecule has 1 aliphatic heterocycles. The summed E-state index contributed by atoms with van der Waals surface area (Å²) >= 11 is 3.99. The molecule has 16 heavy (non-hydrogen) atoms. The van der Waals surface area contributed by atoms with Crippen molar-refractivity contribution in [2.24, 2.45) is 0 Å². The van der Waals surface area contributed by atoms with Crippen LogP contribution in [0, 0.1) is 0 Å². The molecule has 1 aliphatic rings. The van der Waals surface area contributed by atoms with E-state index < -0.39 is 0 Å². The zero-order valence-corrected chi connectivity index (χ0v) is 11.7. The molecule has 0 aromatic carbocycles. The van der Waals surface area contributed by atoms with Gasteiger partial charge in [0.05, 0.1) is 0 Å². The normalized spacial score (nSPS) is 27.9. The van der Waals surface area contributed by atoms with E-state index in [0.29, 0.717) is 12.1 Å². The first-order valence-electron chi connectivity index (χ1n) is 6.22. The molecule has 1 fully saturated rings. The fourth-order valence-corrected chi connectivity index (χ4v) is 4.31. The third kappa shape index (κ3) is 3.02. The number of thiophene rings is 1. The molecule has 1 N–H and O–H groups in total. The van der Waals surface area contributed by atoms with Gasteiger partial charge in [0, 0.05) is 22.2 Å². The summed E-state index contributed by atoms with van der Waals surface area (Å²) in [5.41, 5.74) is 0. The van der Waals surface area contributed by atoms with Crippen LogP contribution in [0.4, 0.5) is 0 Å². The van der Waals surface area contributed by atoms with E-state index in [1.54, 1.807) is 0 Å². The summed E-state index contributed by atoms with van der Waals surface area (Å²) in [5.74, 6) is 1.34. The summed E-state index contributed by atoms with van der Waals surface area (Å²) < 4.78 is 0. The van der Waals surface area contributed by atoms with Crippen LogP contribution in [0.3, 0.4) is 0 Å². The molecule has 0 saturated carbocycles. The van der Waals surface area contributed by atoms with Gasteiger partial charge in [-0.3, -0.25) is 0 Å². The van der Waals surface area contributed by atoms with Gasteiger partial charge in [-0.25, -0.2) is 0 Å². The maximum Gasteiger partial charge on any atom is 0.0414 e. The Hall–Kier alpha value is 0.01000. The lowest BCUT2D eigenvalue weighted by molar-refractivity contribution is 0.398. The molecule has 2 rings (SSSR count). The molecule has 0 spiro atoms. The Labute approximate surface area is 107 Å². The van der Waals surface area contributed by atoms with Gasteiger partial charge in [-0.15, -0.1) is 11.3 Å². The van der Waals surface area contributed by atoms with Gasteiger partial charge in [-0.2, -0.15) is 11.8 Å². The highest BCUT2D eigenvalue weighted by Gasteiger charge is 2.24. The smallest absolute Gasteiger partial charge is 0.0414 e. The lowest BCUT2D eigenvalue weighted by Crippen LogP contribution is -2.41. The second kappa shape index (κ2) is 6.08. The second-order valence-electron chi connectivity index (χ2n) is 4.47. The molecule has 3 heteroatoms. The van der Waals surface area contributed by atoms with E-state index in [2.05, 4.69) is 48.4 Å². The largest absolute Gasteiger partial charge is 0.305 e. The Morgan fingerprint density at radius 3 is 3.06 bits per heavy atom. The van der Waals surface area contributed by atoms with E-state index in [1.165, 1.54) is 29.9 Å². The van der Waals surface area contributed by atoms with Crippen molar-refractivity contribution in [3.63, 3.8) is 0 Å². The van der Waals surface area contributed by atoms with Gasteiger partial charge in [-0.1, -0.05) is 19.9 Å². The third-order valence-corrected chi connectivity index (χ3v) is 5.68. The standard InChI is InChI=1S/C13H21NS2/c1-3-11(13-7-5-9-16-13)14-12-6-4-8-15-10(12)2/h5,7,9-12,14H,3-4,6,8H2,1-2H3. The topological polar surface area (TPSA) is 12.0 Å². The average Bonchev–Trinajstić information content (AvgIpc) is 2.81. The van der Waals surface area contributed by atoms with Crippen LogP contribution in [0.15, 0.2) is 17.5 Å². The van der Waals surface area contributed by atoms with Gasteiger partial charge >= 0.3 is 0 Å². The average molecular weight is 255 g/mol. The summed E-state index contributed by atoms with van der Waals surface area (Å²) in [7, 11) is 0. The third-order valence-electron chi connectivity index (χ3n) is 3.32. The molecule has 1 nitrogen and oxygen atoms in total. The molecule has 1 aromatic heterocycles. The maximum absolute atomic E-state index is 3.85. The van der Waals surface area contributed by atoms with Crippen LogP contribution in [0.1, 0.15) is 44.0 Å². The molecule has 2 heterocycles. The van der Waals surface area contributed by atoms with Crippen LogP contribution in [0.5, 0.6) is 0 Å². The first-order valence-corrected chi connectivity index (χ1v) is 8.15. The molecule has 1 aromatic rings. The molecular weight excluding hydrogens is 234 g/mol. The van der Waals surface area contributed by atoms with E-state index in [1.807, 2.05) is 11.3 Å². The number of rotatable bonds is 4. The van der Waals surface area contributed by atoms with Crippen LogP contribution in [0.25, 0.3) is 0 Å². The molecule has 0 aliphatic carbocycles. The molecule has 3 unspecified atom stereocenters. The van der Waals surface area contributed by atoms with Crippen LogP contribution in [0.2, 0.25) is 0 Å². The van der Waals surface area contributed by atoms with E-state index in [9.17, 15) is 0 Å². The van der Waals surface area contributed by atoms with E-state index in [0.717, 1.165) is 5.25 Å². The van der Waals surface area contributed by atoms with E-state index in [-0.39, 0.29) is 0 Å². The van der Waals surface area contributed by atoms with Crippen LogP contribution < -0.4 is 5.32 Å². The number of nitrogens with one attached hydrogen (secondary N) is 1. The van der Waals surface area contributed by atoms with Crippen molar-refractivity contribution in [1.82, 2.24) is 5.32 Å². The molecule has 0 amide bonds. The van der Waals surface area contributed by atoms with Crippen LogP contribution in [-0.2, 0) is 0 Å². The lowest BCUT2D eigenvalue weighted by atomic mass is 10.1. The lowest BCUT2D eigenvalue weighted by Gasteiger charge is -2.32. The molecule has 0 radical (unpaired) electrons. The Morgan fingerprint density at radius 1 is 1.56 bits per heavy atom. The van der Waals surface area contributed by atoms with E-state index >= 15 is 0 Å². The van der Waals surface area contributed by atoms with Gasteiger partial charge in [0.2, 0.25) is 0 Å². The Balaban J connectivity index is 1.95. The fourth-order valence-electron chi connectivity index (χ4n) is 2.29. The van der Waals surface area contributed by atoms with Crippen molar-refractivity contribution in [3.05, 3.63) is 22.4 Å². The summed E-state index contributed by atoms with van der Waals surface area (Å²) in [6.07, 6.45) is 3.90. The molecule has 90 valence electrons. The van der Waals surface area contributed by atoms with Gasteiger partial charge in [0.1, 0.15) is 0 Å². The van der Waals surface area contributed by atoms with Crippen LogP contribution in [-0.4, -0.2) is 17.0 Å². The monoisotopic (exact) mass is 255 g/mol. The Morgan fingerprint density at radius 2 is 2.44 bits per heavy atom. The van der Waals surface area contributed by atoms with Gasteiger partial charge in [-0.05, 0) is 36.5 Å². The van der Waals surface area contributed by atoms with Crippen molar-refractivity contribution in [3.8, 4) is 0 Å². The highest BCUT2D eigenvalue weighted by atomic mass is 32.2. The predicted molar refractivity (Wildman–Crippen MR) is 75.4 cm³/mol. The maximum atomic E-state index is 3.85. The van der Waals surface area contributed by atoms with Crippen molar-refractivity contribution in [2.45, 2.75) is 50.4 Å².